The molecule has 13 heavy (non-hydrogen) atoms. The van der Waals surface area contributed by atoms with E-state index in [1.807, 2.05) is 11.6 Å². The van der Waals surface area contributed by atoms with Gasteiger partial charge in [0, 0.05) is 18.1 Å². The van der Waals surface area contributed by atoms with Crippen LogP contribution in [0, 0.1) is 5.41 Å². The molecule has 2 rings (SSSR count). The lowest BCUT2D eigenvalue weighted by Gasteiger charge is -2.14. The number of aromatic nitrogens is 1. The predicted molar refractivity (Wildman–Crippen MR) is 55.9 cm³/mol. The molecule has 1 aromatic heterocycles. The second kappa shape index (κ2) is 3.39. The predicted octanol–water partition coefficient (Wildman–Crippen LogP) is 2.59. The van der Waals surface area contributed by atoms with Crippen LogP contribution in [-0.4, -0.2) is 11.5 Å². The van der Waals surface area contributed by atoms with Gasteiger partial charge in [0.25, 0.3) is 0 Å². The Balaban J connectivity index is 1.82. The molecule has 2 nitrogen and oxygen atoms in total. The summed E-state index contributed by atoms with van der Waals surface area (Å²) in [4.78, 5) is 4.29. The number of hydrogen-bond donors (Lipinski definition) is 1. The van der Waals surface area contributed by atoms with Crippen molar-refractivity contribution in [2.75, 3.05) is 6.54 Å². The molecule has 72 valence electrons. The highest BCUT2D eigenvalue weighted by molar-refractivity contribution is 7.09. The third kappa shape index (κ3) is 2.29. The molecule has 1 aliphatic rings. The topological polar surface area (TPSA) is 24.9 Å². The van der Waals surface area contributed by atoms with Gasteiger partial charge in [-0.15, -0.1) is 11.3 Å². The number of thiazole rings is 1. The first kappa shape index (κ1) is 9.16. The van der Waals surface area contributed by atoms with Crippen LogP contribution in [0.1, 0.15) is 37.7 Å². The van der Waals surface area contributed by atoms with Crippen LogP contribution in [0.4, 0.5) is 0 Å². The van der Waals surface area contributed by atoms with E-state index in [4.69, 9.17) is 0 Å². The average Bonchev–Trinajstić information content (AvgIpc) is 2.69. The number of nitrogens with zero attached hydrogens (tertiary/aromatic N) is 1. The van der Waals surface area contributed by atoms with Gasteiger partial charge in [0.2, 0.25) is 0 Å². The molecule has 1 atom stereocenters. The van der Waals surface area contributed by atoms with Crippen molar-refractivity contribution < 1.29 is 0 Å². The molecule has 1 N–H and O–H groups in total. The van der Waals surface area contributed by atoms with E-state index in [1.54, 1.807) is 11.3 Å². The molecule has 0 amide bonds. The van der Waals surface area contributed by atoms with Gasteiger partial charge in [-0.2, -0.15) is 0 Å². The minimum Gasteiger partial charge on any atom is -0.308 e. The summed E-state index contributed by atoms with van der Waals surface area (Å²) >= 11 is 1.73. The van der Waals surface area contributed by atoms with Crippen LogP contribution in [0.2, 0.25) is 0 Å². The van der Waals surface area contributed by atoms with Crippen molar-refractivity contribution in [2.24, 2.45) is 5.41 Å². The van der Waals surface area contributed by atoms with E-state index in [2.05, 4.69) is 24.1 Å². The summed E-state index contributed by atoms with van der Waals surface area (Å²) in [6.45, 7) is 5.66. The highest BCUT2D eigenvalue weighted by Gasteiger charge is 2.36. The van der Waals surface area contributed by atoms with Crippen LogP contribution in [0.3, 0.4) is 0 Å². The Labute approximate surface area is 83.4 Å². The molecule has 0 spiro atoms. The Hall–Kier alpha value is -0.410. The van der Waals surface area contributed by atoms with E-state index < -0.39 is 0 Å². The number of hydrogen-bond acceptors (Lipinski definition) is 3. The summed E-state index contributed by atoms with van der Waals surface area (Å²) in [6.07, 6.45) is 4.63. The molecule has 0 aromatic carbocycles. The molecular weight excluding hydrogens is 180 g/mol. The standard InChI is InChI=1S/C10H16N2S/c1-8(9-11-5-6-13-9)12-7-10(2)3-4-10/h5-6,8,12H,3-4,7H2,1-2H3. The molecule has 3 heteroatoms. The van der Waals surface area contributed by atoms with Crippen molar-refractivity contribution in [1.82, 2.24) is 10.3 Å². The van der Waals surface area contributed by atoms with Gasteiger partial charge in [0.1, 0.15) is 5.01 Å². The quantitative estimate of drug-likeness (QED) is 0.800. The lowest BCUT2D eigenvalue weighted by atomic mass is 10.1. The highest BCUT2D eigenvalue weighted by atomic mass is 32.1. The van der Waals surface area contributed by atoms with E-state index >= 15 is 0 Å². The van der Waals surface area contributed by atoms with Gasteiger partial charge in [-0.25, -0.2) is 4.98 Å². The SMILES string of the molecule is CC(NCC1(C)CC1)c1nccs1. The van der Waals surface area contributed by atoms with Crippen LogP contribution in [0.25, 0.3) is 0 Å². The Morgan fingerprint density at radius 2 is 2.46 bits per heavy atom. The summed E-state index contributed by atoms with van der Waals surface area (Å²) in [5.41, 5.74) is 0.589. The van der Waals surface area contributed by atoms with E-state index in [0.29, 0.717) is 11.5 Å². The Kier molecular flexibility index (Phi) is 2.39. The van der Waals surface area contributed by atoms with E-state index in [0.717, 1.165) is 6.54 Å². The summed E-state index contributed by atoms with van der Waals surface area (Å²) in [5, 5.41) is 6.77. The summed E-state index contributed by atoms with van der Waals surface area (Å²) in [6, 6.07) is 0.414. The summed E-state index contributed by atoms with van der Waals surface area (Å²) < 4.78 is 0. The molecule has 1 saturated carbocycles. The fraction of sp³-hybridized carbons (Fsp3) is 0.700. The molecular formula is C10H16N2S. The zero-order chi connectivity index (χ0) is 9.31. The van der Waals surface area contributed by atoms with Crippen molar-refractivity contribution in [1.29, 1.82) is 0 Å². The van der Waals surface area contributed by atoms with Gasteiger partial charge < -0.3 is 5.32 Å². The summed E-state index contributed by atoms with van der Waals surface area (Å²) in [5.74, 6) is 0. The van der Waals surface area contributed by atoms with Crippen molar-refractivity contribution in [3.63, 3.8) is 0 Å². The first-order valence-electron chi connectivity index (χ1n) is 4.82. The third-order valence-corrected chi connectivity index (χ3v) is 3.72. The third-order valence-electron chi connectivity index (χ3n) is 2.76. The van der Waals surface area contributed by atoms with E-state index in [9.17, 15) is 0 Å². The lowest BCUT2D eigenvalue weighted by Crippen LogP contribution is -2.25. The maximum absolute atomic E-state index is 4.29. The van der Waals surface area contributed by atoms with Crippen molar-refractivity contribution >= 4 is 11.3 Å². The fourth-order valence-electron chi connectivity index (χ4n) is 1.33. The van der Waals surface area contributed by atoms with Gasteiger partial charge in [0.05, 0.1) is 6.04 Å². The van der Waals surface area contributed by atoms with Gasteiger partial charge in [0.15, 0.2) is 0 Å². The van der Waals surface area contributed by atoms with Crippen LogP contribution in [0.5, 0.6) is 0 Å². The molecule has 1 heterocycles. The van der Waals surface area contributed by atoms with Crippen molar-refractivity contribution in [3.05, 3.63) is 16.6 Å². The Bertz CT molecular complexity index is 264. The maximum Gasteiger partial charge on any atom is 0.109 e. The molecule has 0 radical (unpaired) electrons. The monoisotopic (exact) mass is 196 g/mol. The van der Waals surface area contributed by atoms with Gasteiger partial charge >= 0.3 is 0 Å². The molecule has 1 unspecified atom stereocenters. The molecule has 1 aromatic rings. The molecule has 1 fully saturated rings. The van der Waals surface area contributed by atoms with Gasteiger partial charge in [-0.3, -0.25) is 0 Å². The largest absolute Gasteiger partial charge is 0.308 e. The van der Waals surface area contributed by atoms with Gasteiger partial charge in [-0.1, -0.05) is 6.92 Å². The zero-order valence-corrected chi connectivity index (χ0v) is 9.03. The molecule has 0 aliphatic heterocycles. The molecule has 0 bridgehead atoms. The number of nitrogens with one attached hydrogen (secondary N) is 1. The van der Waals surface area contributed by atoms with E-state index in [-0.39, 0.29) is 0 Å². The summed E-state index contributed by atoms with van der Waals surface area (Å²) in [7, 11) is 0. The van der Waals surface area contributed by atoms with Crippen LogP contribution in [0.15, 0.2) is 11.6 Å². The fourth-order valence-corrected chi connectivity index (χ4v) is 2.00. The first-order chi connectivity index (χ1) is 6.20. The van der Waals surface area contributed by atoms with Crippen LogP contribution >= 0.6 is 11.3 Å². The van der Waals surface area contributed by atoms with Crippen molar-refractivity contribution in [3.8, 4) is 0 Å². The average molecular weight is 196 g/mol. The number of rotatable bonds is 4. The minimum absolute atomic E-state index is 0.414. The Morgan fingerprint density at radius 3 is 3.00 bits per heavy atom. The second-order valence-corrected chi connectivity index (χ2v) is 5.21. The molecule has 1 aliphatic carbocycles. The molecule has 0 saturated heterocycles. The highest BCUT2D eigenvalue weighted by Crippen LogP contribution is 2.44. The zero-order valence-electron chi connectivity index (χ0n) is 8.21. The van der Waals surface area contributed by atoms with E-state index in [1.165, 1.54) is 17.8 Å². The minimum atomic E-state index is 0.414. The maximum atomic E-state index is 4.29. The normalized spacial score (nSPS) is 21.4. The van der Waals surface area contributed by atoms with Crippen LogP contribution in [-0.2, 0) is 0 Å². The van der Waals surface area contributed by atoms with Crippen LogP contribution < -0.4 is 5.32 Å². The first-order valence-corrected chi connectivity index (χ1v) is 5.70. The second-order valence-electron chi connectivity index (χ2n) is 4.28. The smallest absolute Gasteiger partial charge is 0.109 e. The Morgan fingerprint density at radius 1 is 1.69 bits per heavy atom. The van der Waals surface area contributed by atoms with Crippen molar-refractivity contribution in [2.45, 2.75) is 32.7 Å². The van der Waals surface area contributed by atoms with Gasteiger partial charge in [-0.05, 0) is 25.2 Å². The lowest BCUT2D eigenvalue weighted by molar-refractivity contribution is 0.456.